The molecule has 1 aliphatic heterocycles. The smallest absolute Gasteiger partial charge is 0.152 e. The lowest BCUT2D eigenvalue weighted by atomic mass is 9.95. The number of hydrogen-bond donors (Lipinski definition) is 0. The second-order valence-electron chi connectivity index (χ2n) is 6.19. The topological polar surface area (TPSA) is 12.5 Å². The van der Waals surface area contributed by atoms with Crippen LogP contribution in [0.25, 0.3) is 0 Å². The lowest BCUT2D eigenvalue weighted by molar-refractivity contribution is -0.129. The van der Waals surface area contributed by atoms with Crippen molar-refractivity contribution in [2.75, 3.05) is 0 Å². The summed E-state index contributed by atoms with van der Waals surface area (Å²) in [6, 6.07) is 12.6. The fraction of sp³-hybridized carbons (Fsp3) is 0.294. The van der Waals surface area contributed by atoms with Gasteiger partial charge in [0.1, 0.15) is 11.9 Å². The van der Waals surface area contributed by atoms with E-state index in [2.05, 4.69) is 36.7 Å². The predicted octanol–water partition coefficient (Wildman–Crippen LogP) is 5.09. The highest BCUT2D eigenvalue weighted by atomic mass is 79.9. The fourth-order valence-corrected chi connectivity index (χ4v) is 3.00. The van der Waals surface area contributed by atoms with E-state index < -0.39 is 0 Å². The van der Waals surface area contributed by atoms with E-state index >= 15 is 0 Å². The van der Waals surface area contributed by atoms with Crippen LogP contribution >= 0.6 is 15.9 Å². The van der Waals surface area contributed by atoms with Gasteiger partial charge in [-0.25, -0.2) is 4.39 Å². The van der Waals surface area contributed by atoms with Gasteiger partial charge in [0.05, 0.1) is 0 Å². The lowest BCUT2D eigenvalue weighted by Gasteiger charge is -2.35. The molecule has 110 valence electrons. The van der Waals surface area contributed by atoms with Crippen molar-refractivity contribution in [3.63, 3.8) is 0 Å². The van der Waals surface area contributed by atoms with E-state index in [1.165, 1.54) is 6.07 Å². The Morgan fingerprint density at radius 3 is 2.52 bits per heavy atom. The minimum absolute atomic E-state index is 0.224. The predicted molar refractivity (Wildman–Crippen MR) is 84.6 cm³/mol. The zero-order chi connectivity index (χ0) is 15.2. The number of para-hydroxylation sites is 1. The molecule has 2 aromatic carbocycles. The Balaban J connectivity index is 2.18. The molecule has 1 aliphatic rings. The van der Waals surface area contributed by atoms with Crippen LogP contribution in [0, 0.1) is 5.82 Å². The molecule has 2 aromatic rings. The van der Waals surface area contributed by atoms with Crippen LogP contribution in [0.1, 0.15) is 37.9 Å². The summed E-state index contributed by atoms with van der Waals surface area (Å²) < 4.78 is 15.2. The van der Waals surface area contributed by atoms with Crippen molar-refractivity contribution in [1.82, 2.24) is 5.06 Å². The van der Waals surface area contributed by atoms with Gasteiger partial charge in [-0.3, -0.25) is 0 Å². The average molecular weight is 350 g/mol. The number of hydroxylamine groups is 2. The molecule has 0 N–H and O–H groups in total. The molecule has 0 saturated carbocycles. The summed E-state index contributed by atoms with van der Waals surface area (Å²) in [5, 5.41) is 1.86. The molecule has 0 spiro atoms. The summed E-state index contributed by atoms with van der Waals surface area (Å²) in [7, 11) is 0. The molecule has 4 heteroatoms. The standard InChI is InChI=1S/C17H17BrFNO/c1-17(2,3)20-16(12-6-4-5-7-15(12)21-20)13-10-11(18)8-9-14(13)19/h4-10,16H,1-3H3. The van der Waals surface area contributed by atoms with Gasteiger partial charge in [-0.1, -0.05) is 34.1 Å². The van der Waals surface area contributed by atoms with Crippen molar-refractivity contribution < 1.29 is 9.23 Å². The van der Waals surface area contributed by atoms with Crippen molar-refractivity contribution >= 4 is 15.9 Å². The summed E-state index contributed by atoms with van der Waals surface area (Å²) in [6.07, 6.45) is 0. The van der Waals surface area contributed by atoms with E-state index in [4.69, 9.17) is 4.84 Å². The van der Waals surface area contributed by atoms with Gasteiger partial charge in [0.15, 0.2) is 5.75 Å². The molecular weight excluding hydrogens is 333 g/mol. The number of halogens is 2. The molecule has 21 heavy (non-hydrogen) atoms. The summed E-state index contributed by atoms with van der Waals surface area (Å²) >= 11 is 3.43. The van der Waals surface area contributed by atoms with E-state index in [1.807, 2.05) is 35.4 Å². The Kier molecular flexibility index (Phi) is 3.54. The SMILES string of the molecule is CC(C)(C)N1Oc2ccccc2C1c1cc(Br)ccc1F. The first-order valence-electron chi connectivity index (χ1n) is 6.89. The molecule has 0 saturated heterocycles. The number of benzene rings is 2. The molecule has 0 aromatic heterocycles. The lowest BCUT2D eigenvalue weighted by Crippen LogP contribution is -2.43. The molecule has 0 radical (unpaired) electrons. The van der Waals surface area contributed by atoms with Crippen LogP contribution in [-0.2, 0) is 0 Å². The van der Waals surface area contributed by atoms with E-state index in [-0.39, 0.29) is 17.4 Å². The third kappa shape index (κ3) is 2.58. The molecule has 3 rings (SSSR count). The van der Waals surface area contributed by atoms with Crippen molar-refractivity contribution in [1.29, 1.82) is 0 Å². The normalized spacial score (nSPS) is 18.4. The minimum atomic E-state index is -0.252. The van der Waals surface area contributed by atoms with E-state index in [0.717, 1.165) is 15.8 Å². The second kappa shape index (κ2) is 5.11. The Morgan fingerprint density at radius 1 is 1.10 bits per heavy atom. The molecule has 2 nitrogen and oxygen atoms in total. The Morgan fingerprint density at radius 2 is 1.81 bits per heavy atom. The summed E-state index contributed by atoms with van der Waals surface area (Å²) in [5.41, 5.74) is 1.35. The maximum atomic E-state index is 14.4. The van der Waals surface area contributed by atoms with Gasteiger partial charge in [0.2, 0.25) is 0 Å². The van der Waals surface area contributed by atoms with Crippen molar-refractivity contribution in [2.24, 2.45) is 0 Å². The second-order valence-corrected chi connectivity index (χ2v) is 7.11. The first-order chi connectivity index (χ1) is 9.88. The Bertz CT molecular complexity index is 681. The molecular formula is C17H17BrFNO. The highest BCUT2D eigenvalue weighted by Gasteiger charge is 2.41. The van der Waals surface area contributed by atoms with Crippen molar-refractivity contribution in [3.05, 3.63) is 63.9 Å². The number of fused-ring (bicyclic) bond motifs is 1. The van der Waals surface area contributed by atoms with Gasteiger partial charge in [0.25, 0.3) is 0 Å². The molecule has 0 aliphatic carbocycles. The van der Waals surface area contributed by atoms with Gasteiger partial charge in [-0.2, -0.15) is 0 Å². The summed E-state index contributed by atoms with van der Waals surface area (Å²) in [5.74, 6) is 0.564. The first-order valence-corrected chi connectivity index (χ1v) is 7.68. The summed E-state index contributed by atoms with van der Waals surface area (Å²) in [4.78, 5) is 5.98. The zero-order valence-corrected chi connectivity index (χ0v) is 13.8. The van der Waals surface area contributed by atoms with Gasteiger partial charge >= 0.3 is 0 Å². The van der Waals surface area contributed by atoms with Crippen LogP contribution in [0.2, 0.25) is 0 Å². The van der Waals surface area contributed by atoms with Crippen LogP contribution < -0.4 is 4.84 Å². The summed E-state index contributed by atoms with van der Waals surface area (Å²) in [6.45, 7) is 6.17. The molecule has 0 amide bonds. The highest BCUT2D eigenvalue weighted by molar-refractivity contribution is 9.10. The quantitative estimate of drug-likeness (QED) is 0.711. The number of hydrogen-bond acceptors (Lipinski definition) is 2. The monoisotopic (exact) mass is 349 g/mol. The van der Waals surface area contributed by atoms with Crippen LogP contribution in [-0.4, -0.2) is 10.6 Å². The van der Waals surface area contributed by atoms with Crippen LogP contribution in [0.5, 0.6) is 5.75 Å². The van der Waals surface area contributed by atoms with Gasteiger partial charge in [-0.05, 0) is 45.0 Å². The maximum Gasteiger partial charge on any atom is 0.152 e. The molecule has 1 unspecified atom stereocenters. The first kappa shape index (κ1) is 14.5. The highest BCUT2D eigenvalue weighted by Crippen LogP contribution is 2.45. The van der Waals surface area contributed by atoms with Crippen molar-refractivity contribution in [2.45, 2.75) is 32.4 Å². The maximum absolute atomic E-state index is 14.4. The van der Waals surface area contributed by atoms with Gasteiger partial charge in [0, 0.05) is 21.1 Å². The molecule has 0 bridgehead atoms. The van der Waals surface area contributed by atoms with Gasteiger partial charge in [-0.15, -0.1) is 5.06 Å². The van der Waals surface area contributed by atoms with E-state index in [0.29, 0.717) is 5.56 Å². The fourth-order valence-electron chi connectivity index (χ4n) is 2.62. The third-order valence-corrected chi connectivity index (χ3v) is 4.05. The van der Waals surface area contributed by atoms with E-state index in [9.17, 15) is 4.39 Å². The minimum Gasteiger partial charge on any atom is -0.404 e. The largest absolute Gasteiger partial charge is 0.404 e. The van der Waals surface area contributed by atoms with Crippen molar-refractivity contribution in [3.8, 4) is 5.75 Å². The van der Waals surface area contributed by atoms with Crippen LogP contribution in [0.15, 0.2) is 46.9 Å². The van der Waals surface area contributed by atoms with Crippen LogP contribution in [0.3, 0.4) is 0 Å². The Hall–Kier alpha value is -1.39. The average Bonchev–Trinajstić information content (AvgIpc) is 2.81. The number of rotatable bonds is 1. The number of nitrogens with zero attached hydrogens (tertiary/aromatic N) is 1. The molecule has 1 atom stereocenters. The van der Waals surface area contributed by atoms with Crippen LogP contribution in [0.4, 0.5) is 4.39 Å². The Labute approximate surface area is 132 Å². The zero-order valence-electron chi connectivity index (χ0n) is 12.2. The molecule has 0 fully saturated rings. The molecule has 1 heterocycles. The third-order valence-electron chi connectivity index (χ3n) is 3.56. The van der Waals surface area contributed by atoms with Gasteiger partial charge < -0.3 is 4.84 Å². The van der Waals surface area contributed by atoms with E-state index in [1.54, 1.807) is 6.07 Å².